The molecular weight excluding hydrogens is 402 g/mol. The molecule has 2 fully saturated rings. The van der Waals surface area contributed by atoms with Gasteiger partial charge in [0.05, 0.1) is 12.3 Å². The van der Waals surface area contributed by atoms with E-state index in [4.69, 9.17) is 0 Å². The van der Waals surface area contributed by atoms with Gasteiger partial charge in [0.25, 0.3) is 0 Å². The number of carbonyl (C=O) groups excluding carboxylic acids is 2. The lowest BCUT2D eigenvalue weighted by Gasteiger charge is -2.47. The molecule has 0 spiro atoms. The van der Waals surface area contributed by atoms with E-state index in [1.807, 2.05) is 32.0 Å². The molecule has 1 aliphatic heterocycles. The van der Waals surface area contributed by atoms with E-state index in [9.17, 15) is 18.0 Å². The zero-order valence-corrected chi connectivity index (χ0v) is 19.2. The van der Waals surface area contributed by atoms with Crippen molar-refractivity contribution in [2.75, 3.05) is 23.7 Å². The molecule has 3 rings (SSSR count). The second-order valence-corrected chi connectivity index (χ2v) is 11.0. The maximum absolute atomic E-state index is 13.5. The molecule has 7 nitrogen and oxygen atoms in total. The number of aryl methyl sites for hydroxylation is 2. The molecule has 2 amide bonds. The van der Waals surface area contributed by atoms with Gasteiger partial charge < -0.3 is 5.32 Å². The zero-order valence-electron chi connectivity index (χ0n) is 18.4. The van der Waals surface area contributed by atoms with Crippen molar-refractivity contribution in [2.45, 2.75) is 71.4 Å². The van der Waals surface area contributed by atoms with E-state index in [1.54, 1.807) is 13.8 Å². The summed E-state index contributed by atoms with van der Waals surface area (Å²) in [6.07, 6.45) is 4.42. The highest BCUT2D eigenvalue weighted by atomic mass is 32.2. The average molecular weight is 436 g/mol. The Morgan fingerprint density at radius 1 is 1.17 bits per heavy atom. The Labute approximate surface area is 179 Å². The van der Waals surface area contributed by atoms with Gasteiger partial charge in [0.2, 0.25) is 21.8 Å². The smallest absolute Gasteiger partial charge is 0.247 e. The minimum Gasteiger partial charge on any atom is -0.351 e. The van der Waals surface area contributed by atoms with Crippen LogP contribution in [0.4, 0.5) is 5.69 Å². The summed E-state index contributed by atoms with van der Waals surface area (Å²) >= 11 is 0. The summed E-state index contributed by atoms with van der Waals surface area (Å²) in [5, 5.41) is 3.09. The molecular formula is C22H33N3O4S. The normalized spacial score (nSPS) is 23.7. The first-order chi connectivity index (χ1) is 14.1. The van der Waals surface area contributed by atoms with Gasteiger partial charge in [0.15, 0.2) is 0 Å². The number of carbonyl (C=O) groups is 2. The monoisotopic (exact) mass is 435 g/mol. The van der Waals surface area contributed by atoms with Crippen LogP contribution in [0.15, 0.2) is 18.2 Å². The molecule has 1 aromatic carbocycles. The lowest BCUT2D eigenvalue weighted by atomic mass is 9.93. The van der Waals surface area contributed by atoms with E-state index in [-0.39, 0.29) is 36.7 Å². The zero-order chi connectivity index (χ0) is 22.1. The van der Waals surface area contributed by atoms with Gasteiger partial charge in [-0.25, -0.2) is 8.42 Å². The third kappa shape index (κ3) is 4.54. The molecule has 1 heterocycles. The van der Waals surface area contributed by atoms with Crippen molar-refractivity contribution < 1.29 is 18.0 Å². The van der Waals surface area contributed by atoms with Crippen LogP contribution in [-0.2, 0) is 19.6 Å². The summed E-state index contributed by atoms with van der Waals surface area (Å²) in [7, 11) is -3.61. The largest absolute Gasteiger partial charge is 0.351 e. The molecule has 2 aliphatic rings. The number of piperazine rings is 1. The fourth-order valence-electron chi connectivity index (χ4n) is 4.64. The Hall–Kier alpha value is -1.93. The van der Waals surface area contributed by atoms with E-state index in [0.29, 0.717) is 12.1 Å². The molecule has 1 aliphatic carbocycles. The molecule has 0 unspecified atom stereocenters. The Bertz CT molecular complexity index is 904. The van der Waals surface area contributed by atoms with Crippen LogP contribution in [0.1, 0.15) is 57.1 Å². The number of benzene rings is 1. The Kier molecular flexibility index (Phi) is 6.57. The van der Waals surface area contributed by atoms with Gasteiger partial charge in [0, 0.05) is 18.3 Å². The van der Waals surface area contributed by atoms with Crippen LogP contribution in [0.3, 0.4) is 0 Å². The summed E-state index contributed by atoms with van der Waals surface area (Å²) in [4.78, 5) is 28.3. The number of nitrogens with zero attached hydrogens (tertiary/aromatic N) is 2. The van der Waals surface area contributed by atoms with Crippen molar-refractivity contribution >= 4 is 27.5 Å². The fourth-order valence-corrected chi connectivity index (χ4v) is 6.17. The minimum absolute atomic E-state index is 0.0375. The van der Waals surface area contributed by atoms with E-state index >= 15 is 0 Å². The van der Waals surface area contributed by atoms with E-state index in [2.05, 4.69) is 5.32 Å². The lowest BCUT2D eigenvalue weighted by molar-refractivity contribution is -0.133. The van der Waals surface area contributed by atoms with Crippen molar-refractivity contribution in [1.29, 1.82) is 0 Å². The molecule has 1 N–H and O–H groups in total. The third-order valence-electron chi connectivity index (χ3n) is 6.04. The molecule has 1 saturated heterocycles. The molecule has 166 valence electrons. The molecule has 1 aromatic rings. The molecule has 0 radical (unpaired) electrons. The number of hydrogen-bond donors (Lipinski definition) is 1. The minimum atomic E-state index is -3.61. The quantitative estimate of drug-likeness (QED) is 0.744. The highest BCUT2D eigenvalue weighted by Crippen LogP contribution is 2.33. The molecule has 8 heteroatoms. The van der Waals surface area contributed by atoms with Crippen LogP contribution in [0, 0.1) is 13.8 Å². The van der Waals surface area contributed by atoms with Crippen molar-refractivity contribution in [1.82, 2.24) is 9.62 Å². The van der Waals surface area contributed by atoms with E-state index in [1.165, 1.54) is 9.21 Å². The number of hydrogen-bond acceptors (Lipinski definition) is 4. The standard InChI is InChI=1S/C22H33N3O4S/c1-5-10-30(28,29)24-14-20(26)25(19-12-16(2)11-17(3)13-19)22(4,15-24)21(27)23-18-8-6-7-9-18/h11-13,18H,5-10,14-15H2,1-4H3,(H,23,27)/t22-/m1/s1. The third-order valence-corrected chi connectivity index (χ3v) is 8.01. The second-order valence-electron chi connectivity index (χ2n) is 8.89. The molecule has 1 atom stereocenters. The molecule has 0 aromatic heterocycles. The van der Waals surface area contributed by atoms with Crippen LogP contribution in [0.2, 0.25) is 0 Å². The van der Waals surface area contributed by atoms with Crippen molar-refractivity contribution in [3.8, 4) is 0 Å². The van der Waals surface area contributed by atoms with Gasteiger partial charge in [-0.3, -0.25) is 14.5 Å². The van der Waals surface area contributed by atoms with E-state index in [0.717, 1.165) is 36.8 Å². The van der Waals surface area contributed by atoms with Gasteiger partial charge in [0.1, 0.15) is 5.54 Å². The maximum atomic E-state index is 13.5. The van der Waals surface area contributed by atoms with Crippen molar-refractivity contribution in [3.63, 3.8) is 0 Å². The lowest BCUT2D eigenvalue weighted by Crippen LogP contribution is -2.70. The van der Waals surface area contributed by atoms with Gasteiger partial charge in [-0.2, -0.15) is 4.31 Å². The Morgan fingerprint density at radius 2 is 1.77 bits per heavy atom. The van der Waals surface area contributed by atoms with Crippen molar-refractivity contribution in [3.05, 3.63) is 29.3 Å². The van der Waals surface area contributed by atoms with Crippen LogP contribution in [-0.4, -0.2) is 55.0 Å². The fraction of sp³-hybridized carbons (Fsp3) is 0.636. The Balaban J connectivity index is 2.02. The van der Waals surface area contributed by atoms with Crippen LogP contribution >= 0.6 is 0 Å². The first-order valence-corrected chi connectivity index (χ1v) is 12.4. The molecule has 1 saturated carbocycles. The average Bonchev–Trinajstić information content (AvgIpc) is 3.13. The summed E-state index contributed by atoms with van der Waals surface area (Å²) in [6.45, 7) is 7.06. The van der Waals surface area contributed by atoms with Crippen LogP contribution < -0.4 is 10.2 Å². The first-order valence-electron chi connectivity index (χ1n) is 10.8. The van der Waals surface area contributed by atoms with Gasteiger partial charge in [-0.15, -0.1) is 0 Å². The van der Waals surface area contributed by atoms with Crippen LogP contribution in [0.5, 0.6) is 0 Å². The second kappa shape index (κ2) is 8.67. The van der Waals surface area contributed by atoms with Crippen LogP contribution in [0.25, 0.3) is 0 Å². The molecule has 30 heavy (non-hydrogen) atoms. The highest BCUT2D eigenvalue weighted by molar-refractivity contribution is 7.89. The highest BCUT2D eigenvalue weighted by Gasteiger charge is 2.51. The first kappa shape index (κ1) is 22.7. The summed E-state index contributed by atoms with van der Waals surface area (Å²) in [6, 6.07) is 5.84. The van der Waals surface area contributed by atoms with Gasteiger partial charge in [-0.05, 0) is 63.3 Å². The number of sulfonamides is 1. The topological polar surface area (TPSA) is 86.8 Å². The maximum Gasteiger partial charge on any atom is 0.247 e. The van der Waals surface area contributed by atoms with Crippen molar-refractivity contribution in [2.24, 2.45) is 0 Å². The van der Waals surface area contributed by atoms with Gasteiger partial charge in [-0.1, -0.05) is 25.8 Å². The number of anilines is 1. The van der Waals surface area contributed by atoms with Gasteiger partial charge >= 0.3 is 0 Å². The molecule has 0 bridgehead atoms. The predicted molar refractivity (Wildman–Crippen MR) is 118 cm³/mol. The summed E-state index contributed by atoms with van der Waals surface area (Å²) in [5.41, 5.74) is 1.28. The number of nitrogens with one attached hydrogen (secondary N) is 1. The van der Waals surface area contributed by atoms with E-state index < -0.39 is 15.6 Å². The SMILES string of the molecule is CCCS(=O)(=O)N1CC(=O)N(c2cc(C)cc(C)c2)[C@@](C)(C(=O)NC2CCCC2)C1. The summed E-state index contributed by atoms with van der Waals surface area (Å²) in [5.74, 6) is -0.710. The Morgan fingerprint density at radius 3 is 2.33 bits per heavy atom. The number of amides is 2. The summed E-state index contributed by atoms with van der Waals surface area (Å²) < 4.78 is 26.7. The number of rotatable bonds is 6. The predicted octanol–water partition coefficient (Wildman–Crippen LogP) is 2.51.